The molecule has 2 amide bonds. The SMILES string of the molecule is CCN(C(=O)CN1CCCC(CN(C)C(=O)OC(C)(C)C)C1)C1CCS(=O)(=O)C1. The average Bonchev–Trinajstić information content (AvgIpc) is 2.94. The van der Waals surface area contributed by atoms with Crippen LogP contribution in [0.1, 0.15) is 47.0 Å². The maximum absolute atomic E-state index is 12.8. The maximum Gasteiger partial charge on any atom is 0.410 e. The highest BCUT2D eigenvalue weighted by Gasteiger charge is 2.35. The van der Waals surface area contributed by atoms with Gasteiger partial charge in [0.15, 0.2) is 9.84 Å². The van der Waals surface area contributed by atoms with E-state index in [1.54, 1.807) is 16.8 Å². The number of sulfone groups is 1. The Morgan fingerprint density at radius 2 is 1.90 bits per heavy atom. The number of hydrogen-bond donors (Lipinski definition) is 0. The molecule has 0 aromatic carbocycles. The molecule has 2 heterocycles. The number of hydrogen-bond acceptors (Lipinski definition) is 6. The van der Waals surface area contributed by atoms with Gasteiger partial charge in [0.05, 0.1) is 18.1 Å². The minimum Gasteiger partial charge on any atom is -0.444 e. The van der Waals surface area contributed by atoms with Crippen LogP contribution in [-0.2, 0) is 19.4 Å². The Kier molecular flexibility index (Phi) is 7.95. The lowest BCUT2D eigenvalue weighted by Gasteiger charge is -2.36. The van der Waals surface area contributed by atoms with Gasteiger partial charge in [0.25, 0.3) is 0 Å². The Morgan fingerprint density at radius 3 is 2.45 bits per heavy atom. The van der Waals surface area contributed by atoms with Crippen LogP contribution < -0.4 is 0 Å². The van der Waals surface area contributed by atoms with Gasteiger partial charge >= 0.3 is 6.09 Å². The molecule has 0 aromatic heterocycles. The van der Waals surface area contributed by atoms with E-state index in [0.29, 0.717) is 26.1 Å². The van der Waals surface area contributed by atoms with Gasteiger partial charge in [-0.25, -0.2) is 13.2 Å². The van der Waals surface area contributed by atoms with Crippen molar-refractivity contribution in [2.45, 2.75) is 58.6 Å². The topological polar surface area (TPSA) is 87.2 Å². The van der Waals surface area contributed by atoms with Gasteiger partial charge in [-0.3, -0.25) is 9.69 Å². The first-order valence-electron chi connectivity index (χ1n) is 10.6. The third kappa shape index (κ3) is 7.44. The molecule has 0 N–H and O–H groups in total. The van der Waals surface area contributed by atoms with Crippen LogP contribution in [0.2, 0.25) is 0 Å². The van der Waals surface area contributed by atoms with Gasteiger partial charge in [-0.05, 0) is 59.4 Å². The van der Waals surface area contributed by atoms with Gasteiger partial charge in [0.2, 0.25) is 5.91 Å². The van der Waals surface area contributed by atoms with Crippen molar-refractivity contribution in [1.82, 2.24) is 14.7 Å². The van der Waals surface area contributed by atoms with Crippen molar-refractivity contribution in [3.05, 3.63) is 0 Å². The molecule has 0 aliphatic carbocycles. The molecule has 2 atom stereocenters. The normalized spacial score (nSPS) is 24.9. The summed E-state index contributed by atoms with van der Waals surface area (Å²) in [4.78, 5) is 30.5. The first-order chi connectivity index (χ1) is 13.4. The Balaban J connectivity index is 1.87. The molecule has 2 unspecified atom stereocenters. The number of carbonyl (C=O) groups excluding carboxylic acids is 2. The van der Waals surface area contributed by atoms with Gasteiger partial charge in [-0.2, -0.15) is 0 Å². The summed E-state index contributed by atoms with van der Waals surface area (Å²) in [5, 5.41) is 0. The Hall–Kier alpha value is -1.35. The predicted molar refractivity (Wildman–Crippen MR) is 112 cm³/mol. The number of likely N-dealkylation sites (N-methyl/N-ethyl adjacent to an activating group) is 1. The molecule has 0 aromatic rings. The van der Waals surface area contributed by atoms with E-state index in [4.69, 9.17) is 4.74 Å². The second-order valence-electron chi connectivity index (χ2n) is 9.34. The highest BCUT2D eigenvalue weighted by Crippen LogP contribution is 2.21. The van der Waals surface area contributed by atoms with Crippen molar-refractivity contribution >= 4 is 21.8 Å². The van der Waals surface area contributed by atoms with Gasteiger partial charge in [0, 0.05) is 32.7 Å². The molecular weight excluding hydrogens is 394 g/mol. The molecule has 168 valence electrons. The van der Waals surface area contributed by atoms with E-state index >= 15 is 0 Å². The molecule has 0 radical (unpaired) electrons. The number of piperidine rings is 1. The molecule has 2 saturated heterocycles. The summed E-state index contributed by atoms with van der Waals surface area (Å²) in [6.07, 6.45) is 2.19. The summed E-state index contributed by atoms with van der Waals surface area (Å²) in [7, 11) is -1.27. The lowest BCUT2D eigenvalue weighted by atomic mass is 9.97. The standard InChI is InChI=1S/C20H37N3O5S/c1-6-23(17-9-11-29(26,27)15-17)18(24)14-22-10-7-8-16(13-22)12-21(5)19(25)28-20(2,3)4/h16-17H,6-15H2,1-5H3. The smallest absolute Gasteiger partial charge is 0.410 e. The van der Waals surface area contributed by atoms with E-state index in [1.807, 2.05) is 27.7 Å². The van der Waals surface area contributed by atoms with Crippen LogP contribution in [0.4, 0.5) is 4.79 Å². The van der Waals surface area contributed by atoms with Gasteiger partial charge in [-0.15, -0.1) is 0 Å². The molecule has 0 saturated carbocycles. The van der Waals surface area contributed by atoms with Crippen LogP contribution in [0.15, 0.2) is 0 Å². The summed E-state index contributed by atoms with van der Waals surface area (Å²) in [5.74, 6) is 0.534. The van der Waals surface area contributed by atoms with Gasteiger partial charge in [-0.1, -0.05) is 0 Å². The number of rotatable bonds is 6. The van der Waals surface area contributed by atoms with Crippen LogP contribution in [0.5, 0.6) is 0 Å². The summed E-state index contributed by atoms with van der Waals surface area (Å²) < 4.78 is 29.0. The van der Waals surface area contributed by atoms with Crippen molar-refractivity contribution in [2.75, 3.05) is 51.3 Å². The van der Waals surface area contributed by atoms with E-state index in [0.717, 1.165) is 25.9 Å². The molecule has 2 aliphatic heterocycles. The van der Waals surface area contributed by atoms with Crippen molar-refractivity contribution in [3.8, 4) is 0 Å². The van der Waals surface area contributed by atoms with E-state index in [2.05, 4.69) is 4.90 Å². The first-order valence-corrected chi connectivity index (χ1v) is 12.4. The third-order valence-corrected chi connectivity index (χ3v) is 7.26. The largest absolute Gasteiger partial charge is 0.444 e. The Bertz CT molecular complexity index is 689. The monoisotopic (exact) mass is 431 g/mol. The fourth-order valence-electron chi connectivity index (χ4n) is 4.19. The minimum absolute atomic E-state index is 0.00394. The molecule has 0 spiro atoms. The van der Waals surface area contributed by atoms with Crippen molar-refractivity contribution < 1.29 is 22.7 Å². The van der Waals surface area contributed by atoms with Crippen LogP contribution in [0.25, 0.3) is 0 Å². The minimum atomic E-state index is -3.02. The number of amides is 2. The summed E-state index contributed by atoms with van der Waals surface area (Å²) in [6.45, 7) is 10.5. The van der Waals surface area contributed by atoms with E-state index in [-0.39, 0.29) is 35.5 Å². The molecule has 8 nitrogen and oxygen atoms in total. The number of likely N-dealkylation sites (tertiary alicyclic amines) is 1. The average molecular weight is 432 g/mol. The van der Waals surface area contributed by atoms with Crippen LogP contribution >= 0.6 is 0 Å². The summed E-state index contributed by atoms with van der Waals surface area (Å²) in [5.41, 5.74) is -0.520. The van der Waals surface area contributed by atoms with Gasteiger partial charge in [0.1, 0.15) is 5.60 Å². The first kappa shape index (κ1) is 23.9. The molecule has 2 fully saturated rings. The quantitative estimate of drug-likeness (QED) is 0.635. The van der Waals surface area contributed by atoms with Crippen molar-refractivity contribution in [2.24, 2.45) is 5.92 Å². The van der Waals surface area contributed by atoms with Crippen LogP contribution in [0.3, 0.4) is 0 Å². The van der Waals surface area contributed by atoms with Crippen LogP contribution in [-0.4, -0.2) is 98.0 Å². The van der Waals surface area contributed by atoms with E-state index in [9.17, 15) is 18.0 Å². The van der Waals surface area contributed by atoms with E-state index in [1.165, 1.54) is 0 Å². The molecule has 29 heavy (non-hydrogen) atoms. The summed E-state index contributed by atoms with van der Waals surface area (Å²) >= 11 is 0. The highest BCUT2D eigenvalue weighted by atomic mass is 32.2. The molecular formula is C20H37N3O5S. The van der Waals surface area contributed by atoms with E-state index < -0.39 is 15.4 Å². The lowest BCUT2D eigenvalue weighted by Crippen LogP contribution is -2.49. The van der Waals surface area contributed by atoms with Crippen LogP contribution in [0, 0.1) is 5.92 Å². The maximum atomic E-state index is 12.8. The molecule has 9 heteroatoms. The number of nitrogens with zero attached hydrogens (tertiary/aromatic N) is 3. The van der Waals surface area contributed by atoms with Crippen molar-refractivity contribution in [3.63, 3.8) is 0 Å². The fraction of sp³-hybridized carbons (Fsp3) is 0.900. The zero-order valence-electron chi connectivity index (χ0n) is 18.5. The fourth-order valence-corrected chi connectivity index (χ4v) is 5.92. The Labute approximate surface area is 175 Å². The lowest BCUT2D eigenvalue weighted by molar-refractivity contribution is -0.134. The molecule has 2 aliphatic rings. The predicted octanol–water partition coefficient (Wildman–Crippen LogP) is 1.60. The van der Waals surface area contributed by atoms with Crippen molar-refractivity contribution in [1.29, 1.82) is 0 Å². The third-order valence-electron chi connectivity index (χ3n) is 5.51. The second kappa shape index (κ2) is 9.64. The second-order valence-corrected chi connectivity index (χ2v) is 11.6. The Morgan fingerprint density at radius 1 is 1.21 bits per heavy atom. The summed E-state index contributed by atoms with van der Waals surface area (Å²) in [6, 6.07) is -0.198. The number of ether oxygens (including phenoxy) is 1. The number of carbonyl (C=O) groups is 2. The highest BCUT2D eigenvalue weighted by molar-refractivity contribution is 7.91. The zero-order valence-corrected chi connectivity index (χ0v) is 19.3. The molecule has 0 bridgehead atoms. The zero-order chi connectivity index (χ0) is 21.8. The molecule has 2 rings (SSSR count). The van der Waals surface area contributed by atoms with Gasteiger partial charge < -0.3 is 14.5 Å².